The number of anilines is 1. The Labute approximate surface area is 181 Å². The van der Waals surface area contributed by atoms with E-state index in [1.807, 2.05) is 0 Å². The maximum atomic E-state index is 13.0. The standard InChI is InChI=1S/C22H30FN5OS/c23-18-8-6-16(7-9-18)14-20-26-22(30-27-20)28-12-10-17(11-13-28)15-24-21(29)25-19-4-2-1-3-5-19/h6-9,17,19H,1-5,10-15H2,(H2,24,25,29). The number of hydrogen-bond donors (Lipinski definition) is 2. The molecule has 0 radical (unpaired) electrons. The number of carbonyl (C=O) groups is 1. The van der Waals surface area contributed by atoms with Crippen molar-refractivity contribution in [2.75, 3.05) is 24.5 Å². The van der Waals surface area contributed by atoms with Crippen molar-refractivity contribution in [3.8, 4) is 0 Å². The second-order valence-corrected chi connectivity index (χ2v) is 9.15. The summed E-state index contributed by atoms with van der Waals surface area (Å²) < 4.78 is 17.5. The van der Waals surface area contributed by atoms with Crippen molar-refractivity contribution >= 4 is 22.7 Å². The number of urea groups is 1. The van der Waals surface area contributed by atoms with Crippen LogP contribution in [0.4, 0.5) is 14.3 Å². The maximum absolute atomic E-state index is 13.0. The van der Waals surface area contributed by atoms with Crippen LogP contribution in [0.3, 0.4) is 0 Å². The third kappa shape index (κ3) is 5.90. The van der Waals surface area contributed by atoms with Gasteiger partial charge in [-0.3, -0.25) is 0 Å². The van der Waals surface area contributed by atoms with Crippen LogP contribution in [0, 0.1) is 11.7 Å². The summed E-state index contributed by atoms with van der Waals surface area (Å²) in [7, 11) is 0. The van der Waals surface area contributed by atoms with Gasteiger partial charge in [0, 0.05) is 43.6 Å². The van der Waals surface area contributed by atoms with Gasteiger partial charge in [-0.25, -0.2) is 14.2 Å². The fourth-order valence-electron chi connectivity index (χ4n) is 4.28. The fourth-order valence-corrected chi connectivity index (χ4v) is 5.02. The Bertz CT molecular complexity index is 813. The number of aromatic nitrogens is 2. The molecule has 1 aromatic heterocycles. The molecule has 0 spiro atoms. The lowest BCUT2D eigenvalue weighted by molar-refractivity contribution is 0.229. The van der Waals surface area contributed by atoms with Gasteiger partial charge < -0.3 is 15.5 Å². The van der Waals surface area contributed by atoms with Gasteiger partial charge in [-0.1, -0.05) is 31.4 Å². The summed E-state index contributed by atoms with van der Waals surface area (Å²) in [5, 5.41) is 7.14. The number of piperidine rings is 1. The average molecular weight is 432 g/mol. The minimum atomic E-state index is -0.227. The molecule has 8 heteroatoms. The highest BCUT2D eigenvalue weighted by atomic mass is 32.1. The van der Waals surface area contributed by atoms with Crippen molar-refractivity contribution in [3.63, 3.8) is 0 Å². The molecule has 0 bridgehead atoms. The minimum absolute atomic E-state index is 0.0149. The van der Waals surface area contributed by atoms with E-state index in [0.29, 0.717) is 18.4 Å². The van der Waals surface area contributed by atoms with Crippen LogP contribution < -0.4 is 15.5 Å². The summed E-state index contributed by atoms with van der Waals surface area (Å²) >= 11 is 1.43. The van der Waals surface area contributed by atoms with Gasteiger partial charge in [0.1, 0.15) is 11.6 Å². The molecule has 1 saturated carbocycles. The van der Waals surface area contributed by atoms with E-state index in [0.717, 1.165) is 61.8 Å². The Morgan fingerprint density at radius 2 is 1.83 bits per heavy atom. The van der Waals surface area contributed by atoms with Crippen molar-refractivity contribution in [2.24, 2.45) is 5.92 Å². The van der Waals surface area contributed by atoms with Crippen LogP contribution in [0.1, 0.15) is 56.3 Å². The Balaban J connectivity index is 1.18. The van der Waals surface area contributed by atoms with E-state index < -0.39 is 0 Å². The maximum Gasteiger partial charge on any atom is 0.315 e. The van der Waals surface area contributed by atoms with Gasteiger partial charge in [0.25, 0.3) is 0 Å². The molecule has 162 valence electrons. The zero-order chi connectivity index (χ0) is 20.8. The van der Waals surface area contributed by atoms with Crippen molar-refractivity contribution in [1.82, 2.24) is 20.0 Å². The van der Waals surface area contributed by atoms with Gasteiger partial charge in [0.05, 0.1) is 0 Å². The SMILES string of the molecule is O=C(NCC1CCN(c2nc(Cc3ccc(F)cc3)ns2)CC1)NC1CCCCC1. The molecule has 0 atom stereocenters. The van der Waals surface area contributed by atoms with Gasteiger partial charge in [0.2, 0.25) is 5.13 Å². The molecule has 6 nitrogen and oxygen atoms in total. The van der Waals surface area contributed by atoms with Crippen LogP contribution in [0.25, 0.3) is 0 Å². The van der Waals surface area contributed by atoms with Gasteiger partial charge in [0.15, 0.2) is 0 Å². The molecule has 1 aromatic carbocycles. The number of rotatable bonds is 6. The monoisotopic (exact) mass is 431 g/mol. The van der Waals surface area contributed by atoms with Gasteiger partial charge >= 0.3 is 6.03 Å². The second kappa shape index (κ2) is 10.2. The zero-order valence-electron chi connectivity index (χ0n) is 17.3. The van der Waals surface area contributed by atoms with E-state index in [1.54, 1.807) is 12.1 Å². The highest BCUT2D eigenvalue weighted by Crippen LogP contribution is 2.25. The molecule has 1 saturated heterocycles. The molecule has 30 heavy (non-hydrogen) atoms. The molecule has 0 unspecified atom stereocenters. The summed E-state index contributed by atoms with van der Waals surface area (Å²) in [4.78, 5) is 19.1. The number of benzene rings is 1. The largest absolute Gasteiger partial charge is 0.347 e. The molecule has 1 aliphatic carbocycles. The first-order valence-corrected chi connectivity index (χ1v) is 11.8. The molecular weight excluding hydrogens is 401 g/mol. The molecule has 2 fully saturated rings. The Morgan fingerprint density at radius 1 is 1.10 bits per heavy atom. The first-order chi connectivity index (χ1) is 14.7. The average Bonchev–Trinajstić information content (AvgIpc) is 3.23. The fraction of sp³-hybridized carbons (Fsp3) is 0.591. The quantitative estimate of drug-likeness (QED) is 0.722. The highest BCUT2D eigenvalue weighted by molar-refractivity contribution is 7.09. The molecule has 2 aliphatic rings. The molecule has 4 rings (SSSR count). The van der Waals surface area contributed by atoms with Crippen molar-refractivity contribution in [3.05, 3.63) is 41.5 Å². The summed E-state index contributed by atoms with van der Waals surface area (Å²) in [6, 6.07) is 6.83. The third-order valence-corrected chi connectivity index (χ3v) is 6.92. The van der Waals surface area contributed by atoms with Crippen molar-refractivity contribution in [1.29, 1.82) is 0 Å². The number of nitrogens with zero attached hydrogens (tertiary/aromatic N) is 3. The Kier molecular flexibility index (Phi) is 7.15. The molecule has 2 N–H and O–H groups in total. The van der Waals surface area contributed by atoms with Gasteiger partial charge in [-0.15, -0.1) is 0 Å². The predicted molar refractivity (Wildman–Crippen MR) is 117 cm³/mol. The lowest BCUT2D eigenvalue weighted by Crippen LogP contribution is -2.45. The van der Waals surface area contributed by atoms with Crippen molar-refractivity contribution in [2.45, 2.75) is 57.4 Å². The lowest BCUT2D eigenvalue weighted by atomic mass is 9.95. The molecule has 2 aromatic rings. The zero-order valence-corrected chi connectivity index (χ0v) is 18.1. The van der Waals surface area contributed by atoms with Gasteiger partial charge in [-0.2, -0.15) is 4.37 Å². The molecule has 2 amide bonds. The van der Waals surface area contributed by atoms with Crippen LogP contribution in [0.15, 0.2) is 24.3 Å². The highest BCUT2D eigenvalue weighted by Gasteiger charge is 2.23. The summed E-state index contributed by atoms with van der Waals surface area (Å²) in [5.41, 5.74) is 1.01. The molecular formula is C22H30FN5OS. The van der Waals surface area contributed by atoms with E-state index in [9.17, 15) is 9.18 Å². The van der Waals surface area contributed by atoms with Crippen LogP contribution in [-0.2, 0) is 6.42 Å². The van der Waals surface area contributed by atoms with Crippen LogP contribution >= 0.6 is 11.5 Å². The van der Waals surface area contributed by atoms with E-state index >= 15 is 0 Å². The Hall–Kier alpha value is -2.22. The smallest absolute Gasteiger partial charge is 0.315 e. The van der Waals surface area contributed by atoms with E-state index in [2.05, 4.69) is 24.9 Å². The second-order valence-electron chi connectivity index (χ2n) is 8.42. The van der Waals surface area contributed by atoms with E-state index in [4.69, 9.17) is 0 Å². The number of halogens is 1. The topological polar surface area (TPSA) is 70.2 Å². The number of hydrogen-bond acceptors (Lipinski definition) is 5. The van der Waals surface area contributed by atoms with Crippen molar-refractivity contribution < 1.29 is 9.18 Å². The summed E-state index contributed by atoms with van der Waals surface area (Å²) in [6.07, 6.45) is 8.65. The van der Waals surface area contributed by atoms with E-state index in [-0.39, 0.29) is 11.8 Å². The van der Waals surface area contributed by atoms with Crippen LogP contribution in [0.2, 0.25) is 0 Å². The predicted octanol–water partition coefficient (Wildman–Crippen LogP) is 4.12. The molecule has 2 heterocycles. The lowest BCUT2D eigenvalue weighted by Gasteiger charge is -2.31. The van der Waals surface area contributed by atoms with Gasteiger partial charge in [-0.05, 0) is 49.3 Å². The summed E-state index contributed by atoms with van der Waals surface area (Å²) in [5.74, 6) is 1.06. The number of amides is 2. The number of carbonyl (C=O) groups excluding carboxylic acids is 1. The van der Waals surface area contributed by atoms with Crippen LogP contribution in [-0.4, -0.2) is 41.1 Å². The van der Waals surface area contributed by atoms with Crippen LogP contribution in [0.5, 0.6) is 0 Å². The Morgan fingerprint density at radius 3 is 2.57 bits per heavy atom. The first-order valence-electron chi connectivity index (χ1n) is 11.0. The summed E-state index contributed by atoms with van der Waals surface area (Å²) in [6.45, 7) is 2.60. The minimum Gasteiger partial charge on any atom is -0.347 e. The first kappa shape index (κ1) is 21.0. The normalized spacial score (nSPS) is 18.4. The van der Waals surface area contributed by atoms with E-state index in [1.165, 1.54) is 42.9 Å². The number of nitrogens with one attached hydrogen (secondary N) is 2. The third-order valence-electron chi connectivity index (χ3n) is 6.11. The molecule has 1 aliphatic heterocycles.